The Morgan fingerprint density at radius 3 is 2.56 bits per heavy atom. The van der Waals surface area contributed by atoms with Crippen LogP contribution in [0.4, 0.5) is 0 Å². The molecule has 0 bridgehead atoms. The molecule has 0 aromatic heterocycles. The molecule has 0 spiro atoms. The summed E-state index contributed by atoms with van der Waals surface area (Å²) in [7, 11) is 1.72. The number of hydrogen-bond acceptors (Lipinski definition) is 3. The van der Waals surface area contributed by atoms with E-state index in [1.54, 1.807) is 7.11 Å². The van der Waals surface area contributed by atoms with Crippen molar-refractivity contribution in [3.63, 3.8) is 0 Å². The molecule has 16 heavy (non-hydrogen) atoms. The molecule has 3 heteroatoms. The molecule has 0 heterocycles. The molecular weight excluding hydrogens is 218 g/mol. The Balaban J connectivity index is 2.66. The van der Waals surface area contributed by atoms with Crippen molar-refractivity contribution in [2.24, 2.45) is 0 Å². The fraction of sp³-hybridized carbons (Fsp3) is 0.538. The van der Waals surface area contributed by atoms with E-state index < -0.39 is 0 Å². The molecule has 0 radical (unpaired) electrons. The molecule has 1 aromatic rings. The van der Waals surface area contributed by atoms with Gasteiger partial charge in [0.2, 0.25) is 0 Å². The monoisotopic (exact) mass is 239 g/mol. The third kappa shape index (κ3) is 3.72. The van der Waals surface area contributed by atoms with Crippen molar-refractivity contribution in [1.29, 1.82) is 0 Å². The molecule has 0 aliphatic heterocycles. The minimum atomic E-state index is 0.859. The number of ether oxygens (including phenoxy) is 1. The van der Waals surface area contributed by atoms with Gasteiger partial charge in [0, 0.05) is 12.1 Å². The van der Waals surface area contributed by atoms with E-state index in [-0.39, 0.29) is 0 Å². The highest BCUT2D eigenvalue weighted by Crippen LogP contribution is 2.22. The predicted octanol–water partition coefficient (Wildman–Crippen LogP) is 2.72. The van der Waals surface area contributed by atoms with Gasteiger partial charge >= 0.3 is 0 Å². The van der Waals surface area contributed by atoms with Crippen LogP contribution in [0.2, 0.25) is 0 Å². The first-order valence-electron chi connectivity index (χ1n) is 5.64. The van der Waals surface area contributed by atoms with Crippen LogP contribution in [0.1, 0.15) is 23.1 Å². The fourth-order valence-corrected chi connectivity index (χ4v) is 1.76. The Hall–Kier alpha value is -0.670. The number of thiol groups is 1. The van der Waals surface area contributed by atoms with Crippen LogP contribution < -0.4 is 10.1 Å². The number of benzene rings is 1. The fourth-order valence-electron chi connectivity index (χ4n) is 1.60. The summed E-state index contributed by atoms with van der Waals surface area (Å²) in [5.74, 6) is 1.90. The molecule has 0 unspecified atom stereocenters. The van der Waals surface area contributed by atoms with E-state index in [4.69, 9.17) is 4.74 Å². The van der Waals surface area contributed by atoms with Crippen molar-refractivity contribution in [3.8, 4) is 5.75 Å². The Morgan fingerprint density at radius 1 is 1.25 bits per heavy atom. The summed E-state index contributed by atoms with van der Waals surface area (Å²) in [5, 5.41) is 3.40. The Kier molecular flexibility index (Phi) is 5.71. The summed E-state index contributed by atoms with van der Waals surface area (Å²) >= 11 is 4.18. The van der Waals surface area contributed by atoms with Crippen molar-refractivity contribution >= 4 is 12.6 Å². The van der Waals surface area contributed by atoms with Gasteiger partial charge in [0.05, 0.1) is 7.11 Å². The van der Waals surface area contributed by atoms with Crippen molar-refractivity contribution in [1.82, 2.24) is 5.32 Å². The summed E-state index contributed by atoms with van der Waals surface area (Å²) in [6, 6.07) is 4.30. The van der Waals surface area contributed by atoms with Crippen LogP contribution in [0.3, 0.4) is 0 Å². The van der Waals surface area contributed by atoms with Gasteiger partial charge in [-0.2, -0.15) is 12.6 Å². The van der Waals surface area contributed by atoms with Crippen LogP contribution in [0.5, 0.6) is 5.75 Å². The van der Waals surface area contributed by atoms with E-state index in [0.717, 1.165) is 31.0 Å². The van der Waals surface area contributed by atoms with Gasteiger partial charge in [-0.05, 0) is 49.8 Å². The first kappa shape index (κ1) is 13.4. The maximum Gasteiger partial charge on any atom is 0.123 e. The van der Waals surface area contributed by atoms with Gasteiger partial charge in [0.1, 0.15) is 5.75 Å². The lowest BCUT2D eigenvalue weighted by atomic mass is 10.0. The minimum Gasteiger partial charge on any atom is -0.496 e. The van der Waals surface area contributed by atoms with E-state index in [0.29, 0.717) is 0 Å². The molecule has 0 aliphatic carbocycles. The number of methoxy groups -OCH3 is 1. The number of aryl methyl sites for hydroxylation is 2. The largest absolute Gasteiger partial charge is 0.496 e. The summed E-state index contributed by atoms with van der Waals surface area (Å²) < 4.78 is 5.38. The summed E-state index contributed by atoms with van der Waals surface area (Å²) in [5.41, 5.74) is 3.81. The summed E-state index contributed by atoms with van der Waals surface area (Å²) in [6.45, 7) is 6.10. The average Bonchev–Trinajstić information content (AvgIpc) is 2.28. The second-order valence-electron chi connectivity index (χ2n) is 4.00. The predicted molar refractivity (Wildman–Crippen MR) is 72.6 cm³/mol. The van der Waals surface area contributed by atoms with Crippen LogP contribution in [-0.2, 0) is 6.54 Å². The maximum absolute atomic E-state index is 5.38. The number of nitrogens with one attached hydrogen (secondary N) is 1. The molecule has 0 saturated heterocycles. The van der Waals surface area contributed by atoms with Crippen molar-refractivity contribution in [2.45, 2.75) is 26.8 Å². The normalized spacial score (nSPS) is 10.5. The molecule has 90 valence electrons. The molecule has 0 fully saturated rings. The molecule has 2 nitrogen and oxygen atoms in total. The first-order chi connectivity index (χ1) is 7.69. The van der Waals surface area contributed by atoms with Gasteiger partial charge in [-0.3, -0.25) is 0 Å². The van der Waals surface area contributed by atoms with Gasteiger partial charge in [0.25, 0.3) is 0 Å². The van der Waals surface area contributed by atoms with Crippen LogP contribution in [0.15, 0.2) is 12.1 Å². The third-order valence-corrected chi connectivity index (χ3v) is 3.04. The molecule has 1 N–H and O–H groups in total. The third-order valence-electron chi connectivity index (χ3n) is 2.72. The highest BCUT2D eigenvalue weighted by atomic mass is 32.1. The van der Waals surface area contributed by atoms with E-state index >= 15 is 0 Å². The number of hydrogen-bond donors (Lipinski definition) is 2. The zero-order valence-electron chi connectivity index (χ0n) is 10.3. The standard InChI is InChI=1S/C13H21NOS/c1-10-7-12(9-14-5-4-6-16)13(15-3)8-11(10)2/h7-8,14,16H,4-6,9H2,1-3H3. The topological polar surface area (TPSA) is 21.3 Å². The maximum atomic E-state index is 5.38. The van der Waals surface area contributed by atoms with Crippen molar-refractivity contribution in [3.05, 3.63) is 28.8 Å². The zero-order valence-corrected chi connectivity index (χ0v) is 11.2. The highest BCUT2D eigenvalue weighted by Gasteiger charge is 2.05. The van der Waals surface area contributed by atoms with Gasteiger partial charge in [-0.25, -0.2) is 0 Å². The van der Waals surface area contributed by atoms with Gasteiger partial charge in [0.15, 0.2) is 0 Å². The van der Waals surface area contributed by atoms with Crippen LogP contribution in [-0.4, -0.2) is 19.4 Å². The average molecular weight is 239 g/mol. The van der Waals surface area contributed by atoms with Crippen molar-refractivity contribution < 1.29 is 4.74 Å². The molecule has 1 rings (SSSR count). The van der Waals surface area contributed by atoms with Gasteiger partial charge in [-0.15, -0.1) is 0 Å². The lowest BCUT2D eigenvalue weighted by Crippen LogP contribution is -2.15. The molecule has 0 atom stereocenters. The number of rotatable bonds is 6. The Bertz CT molecular complexity index is 339. The van der Waals surface area contributed by atoms with E-state index in [9.17, 15) is 0 Å². The molecule has 0 amide bonds. The lowest BCUT2D eigenvalue weighted by molar-refractivity contribution is 0.407. The molecule has 0 saturated carbocycles. The molecule has 0 aliphatic rings. The minimum absolute atomic E-state index is 0.859. The van der Waals surface area contributed by atoms with Crippen LogP contribution in [0, 0.1) is 13.8 Å². The smallest absolute Gasteiger partial charge is 0.123 e. The van der Waals surface area contributed by atoms with Crippen LogP contribution in [0.25, 0.3) is 0 Å². The lowest BCUT2D eigenvalue weighted by Gasteiger charge is -2.12. The summed E-state index contributed by atoms with van der Waals surface area (Å²) in [6.07, 6.45) is 1.09. The molecule has 1 aromatic carbocycles. The van der Waals surface area contributed by atoms with E-state index in [1.807, 2.05) is 0 Å². The highest BCUT2D eigenvalue weighted by molar-refractivity contribution is 7.80. The first-order valence-corrected chi connectivity index (χ1v) is 6.28. The Morgan fingerprint density at radius 2 is 1.94 bits per heavy atom. The van der Waals surface area contributed by atoms with E-state index in [2.05, 4.69) is 43.9 Å². The second kappa shape index (κ2) is 6.81. The van der Waals surface area contributed by atoms with E-state index in [1.165, 1.54) is 16.7 Å². The quantitative estimate of drug-likeness (QED) is 0.588. The molecular formula is C13H21NOS. The van der Waals surface area contributed by atoms with Gasteiger partial charge < -0.3 is 10.1 Å². The van der Waals surface area contributed by atoms with Crippen LogP contribution >= 0.6 is 12.6 Å². The SMILES string of the molecule is COc1cc(C)c(C)cc1CNCCCS. The Labute approximate surface area is 104 Å². The second-order valence-corrected chi connectivity index (χ2v) is 4.45. The van der Waals surface area contributed by atoms with Crippen molar-refractivity contribution in [2.75, 3.05) is 19.4 Å². The van der Waals surface area contributed by atoms with Gasteiger partial charge in [-0.1, -0.05) is 6.07 Å². The summed E-state index contributed by atoms with van der Waals surface area (Å²) in [4.78, 5) is 0. The zero-order chi connectivity index (χ0) is 12.0.